The van der Waals surface area contributed by atoms with Gasteiger partial charge in [0.25, 0.3) is 5.56 Å². The molecule has 0 atom stereocenters. The molecule has 0 bridgehead atoms. The Balaban J connectivity index is 1.63. The van der Waals surface area contributed by atoms with Crippen LogP contribution in [0.2, 0.25) is 0 Å². The lowest BCUT2D eigenvalue weighted by atomic mass is 9.78. The van der Waals surface area contributed by atoms with E-state index in [0.717, 1.165) is 49.1 Å². The lowest BCUT2D eigenvalue weighted by Crippen LogP contribution is -2.43. The molecule has 0 unspecified atom stereocenters. The first-order valence-corrected chi connectivity index (χ1v) is 9.66. The third-order valence-electron chi connectivity index (χ3n) is 5.65. The first-order valence-electron chi connectivity index (χ1n) is 9.66. The smallest absolute Gasteiger partial charge is 0.250 e. The molecule has 1 aromatic heterocycles. The molecule has 3 rings (SSSR count). The predicted octanol–water partition coefficient (Wildman–Crippen LogP) is 3.18. The van der Waals surface area contributed by atoms with Crippen LogP contribution in [0.25, 0.3) is 0 Å². The summed E-state index contributed by atoms with van der Waals surface area (Å²) in [4.78, 5) is 25.0. The Morgan fingerprint density at radius 2 is 1.85 bits per heavy atom. The topological polar surface area (TPSA) is 60.3 Å². The Morgan fingerprint density at radius 1 is 1.15 bits per heavy atom. The van der Waals surface area contributed by atoms with Crippen molar-refractivity contribution in [3.8, 4) is 5.75 Å². The van der Waals surface area contributed by atoms with Crippen LogP contribution in [0.1, 0.15) is 43.4 Å². The molecular weight excluding hydrogens is 340 g/mol. The third-order valence-corrected chi connectivity index (χ3v) is 5.65. The van der Waals surface area contributed by atoms with Crippen LogP contribution in [-0.4, -0.2) is 24.1 Å². The second-order valence-corrected chi connectivity index (χ2v) is 7.28. The highest BCUT2D eigenvalue weighted by atomic mass is 16.5. The van der Waals surface area contributed by atoms with E-state index in [2.05, 4.69) is 5.32 Å². The number of nitrogens with zero attached hydrogens (tertiary/aromatic N) is 1. The van der Waals surface area contributed by atoms with E-state index in [0.29, 0.717) is 13.1 Å². The summed E-state index contributed by atoms with van der Waals surface area (Å²) in [5, 5.41) is 3.12. The van der Waals surface area contributed by atoms with Gasteiger partial charge in [0, 0.05) is 24.8 Å². The first-order chi connectivity index (χ1) is 13.1. The van der Waals surface area contributed by atoms with Gasteiger partial charge in [0.1, 0.15) is 5.75 Å². The van der Waals surface area contributed by atoms with Gasteiger partial charge in [0.2, 0.25) is 5.91 Å². The van der Waals surface area contributed by atoms with Gasteiger partial charge in [0.05, 0.1) is 12.5 Å². The van der Waals surface area contributed by atoms with Gasteiger partial charge in [-0.2, -0.15) is 0 Å². The number of rotatable bonds is 7. The summed E-state index contributed by atoms with van der Waals surface area (Å²) in [5.41, 5.74) is 1.57. The Kier molecular flexibility index (Phi) is 5.99. The molecule has 0 spiro atoms. The fourth-order valence-electron chi connectivity index (χ4n) is 4.05. The van der Waals surface area contributed by atoms with E-state index in [1.807, 2.05) is 37.3 Å². The summed E-state index contributed by atoms with van der Waals surface area (Å²) in [7, 11) is 1.65. The predicted molar refractivity (Wildman–Crippen MR) is 106 cm³/mol. The number of aromatic nitrogens is 1. The van der Waals surface area contributed by atoms with Gasteiger partial charge in [-0.25, -0.2) is 0 Å². The van der Waals surface area contributed by atoms with Crippen molar-refractivity contribution in [2.45, 2.75) is 51.0 Å². The third kappa shape index (κ3) is 4.07. The average molecular weight is 368 g/mol. The van der Waals surface area contributed by atoms with Crippen LogP contribution >= 0.6 is 0 Å². The van der Waals surface area contributed by atoms with Crippen molar-refractivity contribution >= 4 is 5.91 Å². The molecular formula is C22H28N2O3. The van der Waals surface area contributed by atoms with E-state index in [4.69, 9.17) is 4.74 Å². The molecule has 5 heteroatoms. The lowest BCUT2D eigenvalue weighted by molar-refractivity contribution is -0.126. The quantitative estimate of drug-likeness (QED) is 0.764. The van der Waals surface area contributed by atoms with Crippen molar-refractivity contribution in [3.63, 3.8) is 0 Å². The minimum absolute atomic E-state index is 0.00632. The molecule has 2 aromatic rings. The number of amides is 1. The summed E-state index contributed by atoms with van der Waals surface area (Å²) in [6, 6.07) is 13.1. The average Bonchev–Trinajstić information content (AvgIpc) is 3.18. The van der Waals surface area contributed by atoms with Crippen molar-refractivity contribution in [2.75, 3.05) is 13.7 Å². The SMILES string of the molecule is COc1ccc(C2(C(=O)NCCCn3c(C)cccc3=O)CCCC2)cc1. The summed E-state index contributed by atoms with van der Waals surface area (Å²) in [5.74, 6) is 0.901. The Morgan fingerprint density at radius 3 is 2.48 bits per heavy atom. The molecule has 1 fully saturated rings. The molecule has 27 heavy (non-hydrogen) atoms. The summed E-state index contributed by atoms with van der Waals surface area (Å²) >= 11 is 0. The highest BCUT2D eigenvalue weighted by Gasteiger charge is 2.42. The Labute approximate surface area is 160 Å². The van der Waals surface area contributed by atoms with Gasteiger partial charge < -0.3 is 14.6 Å². The number of methoxy groups -OCH3 is 1. The zero-order valence-electron chi connectivity index (χ0n) is 16.2. The van der Waals surface area contributed by atoms with Gasteiger partial charge in [-0.3, -0.25) is 9.59 Å². The monoisotopic (exact) mass is 368 g/mol. The normalized spacial score (nSPS) is 15.5. The van der Waals surface area contributed by atoms with Crippen LogP contribution in [-0.2, 0) is 16.8 Å². The second kappa shape index (κ2) is 8.42. The standard InChI is InChI=1S/C22H28N2O3/c1-17-7-5-8-20(25)24(17)16-6-15-23-21(26)22(13-3-4-14-22)18-9-11-19(27-2)12-10-18/h5,7-12H,3-4,6,13-16H2,1-2H3,(H,23,26). The highest BCUT2D eigenvalue weighted by molar-refractivity contribution is 5.88. The highest BCUT2D eigenvalue weighted by Crippen LogP contribution is 2.41. The maximum Gasteiger partial charge on any atom is 0.250 e. The number of benzene rings is 1. The molecule has 144 valence electrons. The minimum Gasteiger partial charge on any atom is -0.497 e. The molecule has 1 aromatic carbocycles. The molecule has 5 nitrogen and oxygen atoms in total. The molecule has 1 aliphatic rings. The molecule has 1 saturated carbocycles. The zero-order valence-corrected chi connectivity index (χ0v) is 16.2. The van der Waals surface area contributed by atoms with Crippen LogP contribution in [0.5, 0.6) is 5.75 Å². The van der Waals surface area contributed by atoms with Crippen molar-refractivity contribution in [1.29, 1.82) is 0 Å². The second-order valence-electron chi connectivity index (χ2n) is 7.28. The van der Waals surface area contributed by atoms with Crippen molar-refractivity contribution < 1.29 is 9.53 Å². The fourth-order valence-corrected chi connectivity index (χ4v) is 4.05. The maximum absolute atomic E-state index is 13.1. The summed E-state index contributed by atoms with van der Waals surface area (Å²) < 4.78 is 6.99. The minimum atomic E-state index is -0.439. The van der Waals surface area contributed by atoms with E-state index in [1.54, 1.807) is 23.8 Å². The lowest BCUT2D eigenvalue weighted by Gasteiger charge is -2.28. The van der Waals surface area contributed by atoms with Gasteiger partial charge in [-0.15, -0.1) is 0 Å². The number of carbonyl (C=O) groups is 1. The molecule has 0 radical (unpaired) electrons. The van der Waals surface area contributed by atoms with E-state index in [-0.39, 0.29) is 11.5 Å². The van der Waals surface area contributed by atoms with E-state index in [1.165, 1.54) is 0 Å². The van der Waals surface area contributed by atoms with Crippen molar-refractivity contribution in [3.05, 3.63) is 64.1 Å². The summed E-state index contributed by atoms with van der Waals surface area (Å²) in [6.07, 6.45) is 4.62. The number of hydrogen-bond donors (Lipinski definition) is 1. The maximum atomic E-state index is 13.1. The Bertz CT molecular complexity index is 833. The largest absolute Gasteiger partial charge is 0.497 e. The van der Waals surface area contributed by atoms with E-state index < -0.39 is 5.41 Å². The number of hydrogen-bond acceptors (Lipinski definition) is 3. The van der Waals surface area contributed by atoms with Crippen molar-refractivity contribution in [2.24, 2.45) is 0 Å². The molecule has 1 amide bonds. The molecule has 1 N–H and O–H groups in total. The van der Waals surface area contributed by atoms with Crippen molar-refractivity contribution in [1.82, 2.24) is 9.88 Å². The number of pyridine rings is 1. The first kappa shape index (κ1) is 19.2. The summed E-state index contributed by atoms with van der Waals surface area (Å²) in [6.45, 7) is 3.11. The number of aryl methyl sites for hydroxylation is 1. The molecule has 1 aliphatic carbocycles. The Hall–Kier alpha value is -2.56. The van der Waals surface area contributed by atoms with Crippen LogP contribution in [0.15, 0.2) is 47.3 Å². The number of ether oxygens (including phenoxy) is 1. The zero-order chi connectivity index (χ0) is 19.3. The van der Waals surface area contributed by atoms with Gasteiger partial charge in [-0.05, 0) is 49.9 Å². The van der Waals surface area contributed by atoms with Gasteiger partial charge >= 0.3 is 0 Å². The molecule has 0 aliphatic heterocycles. The number of nitrogens with one attached hydrogen (secondary N) is 1. The molecule has 0 saturated heterocycles. The fraction of sp³-hybridized carbons (Fsp3) is 0.455. The van der Waals surface area contributed by atoms with Gasteiger partial charge in [-0.1, -0.05) is 31.0 Å². The van der Waals surface area contributed by atoms with E-state index >= 15 is 0 Å². The van der Waals surface area contributed by atoms with Crippen LogP contribution in [0.4, 0.5) is 0 Å². The van der Waals surface area contributed by atoms with E-state index in [9.17, 15) is 9.59 Å². The van der Waals surface area contributed by atoms with Crippen LogP contribution in [0, 0.1) is 6.92 Å². The van der Waals surface area contributed by atoms with Crippen LogP contribution in [0.3, 0.4) is 0 Å². The van der Waals surface area contributed by atoms with Gasteiger partial charge in [0.15, 0.2) is 0 Å². The van der Waals surface area contributed by atoms with Crippen LogP contribution < -0.4 is 15.6 Å². The number of carbonyl (C=O) groups excluding carboxylic acids is 1. The molecule has 1 heterocycles.